The number of rotatable bonds is 8. The van der Waals surface area contributed by atoms with E-state index in [9.17, 15) is 5.11 Å². The van der Waals surface area contributed by atoms with Gasteiger partial charge in [-0.25, -0.2) is 9.97 Å². The number of aromatic nitrogens is 3. The lowest BCUT2D eigenvalue weighted by Crippen LogP contribution is -2.42. The van der Waals surface area contributed by atoms with Crippen molar-refractivity contribution in [3.05, 3.63) is 42.5 Å². The van der Waals surface area contributed by atoms with Gasteiger partial charge in [-0.2, -0.15) is 0 Å². The molecule has 0 unspecified atom stereocenters. The molecule has 0 aromatic carbocycles. The third-order valence-electron chi connectivity index (χ3n) is 4.29. The molecule has 2 aromatic rings. The molecule has 2 aromatic heterocycles. The van der Waals surface area contributed by atoms with Crippen LogP contribution in [0.4, 0.5) is 11.6 Å². The molecule has 1 fully saturated rings. The van der Waals surface area contributed by atoms with Gasteiger partial charge in [-0.15, -0.1) is 0 Å². The molecule has 128 valence electrons. The number of hydrogen-bond donors (Lipinski definition) is 4. The summed E-state index contributed by atoms with van der Waals surface area (Å²) in [5, 5.41) is 25.0. The molecule has 0 radical (unpaired) electrons. The van der Waals surface area contributed by atoms with Crippen LogP contribution in [0.5, 0.6) is 0 Å². The molecule has 24 heavy (non-hydrogen) atoms. The van der Waals surface area contributed by atoms with Crippen molar-refractivity contribution in [1.29, 1.82) is 0 Å². The van der Waals surface area contributed by atoms with Crippen LogP contribution < -0.4 is 10.6 Å². The fourth-order valence-electron chi connectivity index (χ4n) is 2.95. The quantitative estimate of drug-likeness (QED) is 0.574. The summed E-state index contributed by atoms with van der Waals surface area (Å²) in [4.78, 5) is 12.8. The summed E-state index contributed by atoms with van der Waals surface area (Å²) in [5.74, 6) is 1.80. The Bertz CT molecular complexity index is 634. The standard InChI is InChI=1S/C17H23N5O2/c23-6-5-19-16-10-17(21-11-20-16)22-15(12-7-14(24)8-12)9-13-3-1-2-4-18-13/h1-4,10-12,14-15,23-24H,5-9H2,(H2,19,20,21,22)/t12?,14?,15-/m0/s1. The first kappa shape index (κ1) is 16.6. The molecule has 7 heteroatoms. The lowest BCUT2D eigenvalue weighted by Gasteiger charge is -2.38. The van der Waals surface area contributed by atoms with Crippen LogP contribution in [0, 0.1) is 5.92 Å². The van der Waals surface area contributed by atoms with Crippen LogP contribution in [0.3, 0.4) is 0 Å². The van der Waals surface area contributed by atoms with Gasteiger partial charge in [0, 0.05) is 37.0 Å². The molecule has 0 bridgehead atoms. The molecule has 2 heterocycles. The molecular weight excluding hydrogens is 306 g/mol. The second-order valence-corrected chi connectivity index (χ2v) is 6.10. The highest BCUT2D eigenvalue weighted by atomic mass is 16.3. The van der Waals surface area contributed by atoms with Gasteiger partial charge in [-0.05, 0) is 30.9 Å². The van der Waals surface area contributed by atoms with Gasteiger partial charge in [0.1, 0.15) is 18.0 Å². The van der Waals surface area contributed by atoms with Crippen LogP contribution in [0.15, 0.2) is 36.8 Å². The molecule has 0 saturated heterocycles. The normalized spacial score (nSPS) is 20.9. The zero-order valence-corrected chi connectivity index (χ0v) is 13.5. The number of anilines is 2. The fraction of sp³-hybridized carbons (Fsp3) is 0.471. The van der Waals surface area contributed by atoms with E-state index in [-0.39, 0.29) is 18.8 Å². The summed E-state index contributed by atoms with van der Waals surface area (Å²) in [7, 11) is 0. The molecule has 0 spiro atoms. The van der Waals surface area contributed by atoms with Gasteiger partial charge in [0.15, 0.2) is 0 Å². The molecular formula is C17H23N5O2. The van der Waals surface area contributed by atoms with Crippen molar-refractivity contribution in [2.45, 2.75) is 31.4 Å². The second kappa shape index (κ2) is 8.03. The van der Waals surface area contributed by atoms with Gasteiger partial charge < -0.3 is 20.8 Å². The first-order valence-electron chi connectivity index (χ1n) is 8.26. The summed E-state index contributed by atoms with van der Waals surface area (Å²) in [6, 6.07) is 7.89. The molecule has 4 N–H and O–H groups in total. The molecule has 7 nitrogen and oxygen atoms in total. The van der Waals surface area contributed by atoms with Crippen LogP contribution in [-0.2, 0) is 6.42 Å². The van der Waals surface area contributed by atoms with E-state index >= 15 is 0 Å². The Labute approximate surface area is 141 Å². The molecule has 1 aliphatic carbocycles. The Morgan fingerprint density at radius 3 is 2.71 bits per heavy atom. The summed E-state index contributed by atoms with van der Waals surface area (Å²) < 4.78 is 0. The van der Waals surface area contributed by atoms with E-state index in [0.29, 0.717) is 18.3 Å². The lowest BCUT2D eigenvalue weighted by atomic mass is 9.76. The van der Waals surface area contributed by atoms with Crippen molar-refractivity contribution in [2.24, 2.45) is 5.92 Å². The summed E-state index contributed by atoms with van der Waals surface area (Å²) in [6.07, 6.45) is 5.46. The van der Waals surface area contributed by atoms with Crippen LogP contribution in [0.1, 0.15) is 18.5 Å². The topological polar surface area (TPSA) is 103 Å². The number of pyridine rings is 1. The van der Waals surface area contributed by atoms with Crippen LogP contribution in [-0.4, -0.2) is 50.5 Å². The van der Waals surface area contributed by atoms with Crippen molar-refractivity contribution in [1.82, 2.24) is 15.0 Å². The van der Waals surface area contributed by atoms with Crippen molar-refractivity contribution >= 4 is 11.6 Å². The van der Waals surface area contributed by atoms with Gasteiger partial charge in [-0.3, -0.25) is 4.98 Å². The smallest absolute Gasteiger partial charge is 0.131 e. The highest BCUT2D eigenvalue weighted by Crippen LogP contribution is 2.33. The maximum atomic E-state index is 9.64. The van der Waals surface area contributed by atoms with E-state index < -0.39 is 0 Å². The molecule has 0 amide bonds. The van der Waals surface area contributed by atoms with E-state index in [1.165, 1.54) is 6.33 Å². The van der Waals surface area contributed by atoms with E-state index in [1.54, 1.807) is 6.20 Å². The first-order chi connectivity index (χ1) is 11.7. The lowest BCUT2D eigenvalue weighted by molar-refractivity contribution is 0.0340. The molecule has 3 rings (SSSR count). The van der Waals surface area contributed by atoms with E-state index in [4.69, 9.17) is 5.11 Å². The highest BCUT2D eigenvalue weighted by Gasteiger charge is 2.34. The van der Waals surface area contributed by atoms with Gasteiger partial charge in [0.25, 0.3) is 0 Å². The van der Waals surface area contributed by atoms with Crippen LogP contribution >= 0.6 is 0 Å². The fourth-order valence-corrected chi connectivity index (χ4v) is 2.95. The summed E-state index contributed by atoms with van der Waals surface area (Å²) in [5.41, 5.74) is 1.02. The third-order valence-corrected chi connectivity index (χ3v) is 4.29. The summed E-state index contributed by atoms with van der Waals surface area (Å²) in [6.45, 7) is 0.498. The Morgan fingerprint density at radius 1 is 1.17 bits per heavy atom. The predicted octanol–water partition coefficient (Wildman–Crippen LogP) is 1.07. The minimum absolute atomic E-state index is 0.0506. The Morgan fingerprint density at radius 2 is 2.00 bits per heavy atom. The number of nitrogens with one attached hydrogen (secondary N) is 2. The highest BCUT2D eigenvalue weighted by molar-refractivity contribution is 5.47. The number of hydrogen-bond acceptors (Lipinski definition) is 7. The Hall–Kier alpha value is -2.25. The number of aliphatic hydroxyl groups is 2. The molecule has 1 saturated carbocycles. The van der Waals surface area contributed by atoms with Crippen molar-refractivity contribution in [2.75, 3.05) is 23.8 Å². The van der Waals surface area contributed by atoms with E-state index in [1.807, 2.05) is 24.3 Å². The molecule has 0 aliphatic heterocycles. The van der Waals surface area contributed by atoms with Crippen LogP contribution in [0.25, 0.3) is 0 Å². The molecule has 1 atom stereocenters. The number of nitrogens with zero attached hydrogens (tertiary/aromatic N) is 3. The average Bonchev–Trinajstić information content (AvgIpc) is 2.58. The van der Waals surface area contributed by atoms with Crippen molar-refractivity contribution in [3.63, 3.8) is 0 Å². The van der Waals surface area contributed by atoms with Crippen molar-refractivity contribution in [3.8, 4) is 0 Å². The van der Waals surface area contributed by atoms with Gasteiger partial charge in [-0.1, -0.05) is 6.07 Å². The number of aliphatic hydroxyl groups excluding tert-OH is 2. The predicted molar refractivity (Wildman–Crippen MR) is 91.7 cm³/mol. The zero-order valence-electron chi connectivity index (χ0n) is 13.5. The van der Waals surface area contributed by atoms with E-state index in [2.05, 4.69) is 25.6 Å². The minimum atomic E-state index is -0.199. The van der Waals surface area contributed by atoms with Crippen molar-refractivity contribution < 1.29 is 10.2 Å². The second-order valence-electron chi connectivity index (χ2n) is 6.10. The minimum Gasteiger partial charge on any atom is -0.395 e. The molecule has 1 aliphatic rings. The summed E-state index contributed by atoms with van der Waals surface area (Å²) >= 11 is 0. The van der Waals surface area contributed by atoms with Gasteiger partial charge in [0.2, 0.25) is 0 Å². The largest absolute Gasteiger partial charge is 0.395 e. The van der Waals surface area contributed by atoms with E-state index in [0.717, 1.165) is 30.8 Å². The third kappa shape index (κ3) is 4.39. The SMILES string of the molecule is OCCNc1cc(N[C@@H](Cc2ccccn2)C2CC(O)C2)ncn1. The van der Waals surface area contributed by atoms with Gasteiger partial charge >= 0.3 is 0 Å². The monoisotopic (exact) mass is 329 g/mol. The van der Waals surface area contributed by atoms with Gasteiger partial charge in [0.05, 0.1) is 12.7 Å². The zero-order chi connectivity index (χ0) is 16.8. The Kier molecular flexibility index (Phi) is 5.55. The van der Waals surface area contributed by atoms with Crippen LogP contribution in [0.2, 0.25) is 0 Å². The average molecular weight is 329 g/mol. The Balaban J connectivity index is 1.69. The maximum absolute atomic E-state index is 9.64. The maximum Gasteiger partial charge on any atom is 0.131 e. The first-order valence-corrected chi connectivity index (χ1v) is 8.26.